The van der Waals surface area contributed by atoms with Crippen molar-refractivity contribution >= 4 is 17.9 Å². The van der Waals surface area contributed by atoms with E-state index in [0.29, 0.717) is 37.7 Å². The highest BCUT2D eigenvalue weighted by atomic mass is 16.8. The number of carbonyl (C=O) groups is 3. The van der Waals surface area contributed by atoms with Gasteiger partial charge >= 0.3 is 17.9 Å². The van der Waals surface area contributed by atoms with Gasteiger partial charge in [-0.2, -0.15) is 0 Å². The highest BCUT2D eigenvalue weighted by molar-refractivity contribution is 5.87. The van der Waals surface area contributed by atoms with Gasteiger partial charge in [0.15, 0.2) is 25.0 Å². The zero-order valence-corrected chi connectivity index (χ0v) is 46.4. The average Bonchev–Trinajstić information content (AvgIpc) is 3.39. The minimum Gasteiger partial charge on any atom is -0.479 e. The second kappa shape index (κ2) is 22.6. The smallest absolute Gasteiger partial charge is 0.335 e. The normalized spacial score (nSPS) is 50.6. The van der Waals surface area contributed by atoms with Gasteiger partial charge in [0.1, 0.15) is 86.0 Å². The van der Waals surface area contributed by atoms with Crippen LogP contribution >= 0.6 is 0 Å². The fourth-order valence-corrected chi connectivity index (χ4v) is 16.1. The van der Waals surface area contributed by atoms with Gasteiger partial charge in [-0.05, 0) is 92.8 Å². The first-order valence-corrected chi connectivity index (χ1v) is 27.7. The Labute approximate surface area is 459 Å². The molecule has 450 valence electrons. The minimum atomic E-state index is -2.18. The molecule has 0 bridgehead atoms. The molecule has 0 aromatic rings. The summed E-state index contributed by atoms with van der Waals surface area (Å²) in [5.41, 5.74) is -3.78. The SMILES string of the molecule is C/C=C(/C)C(=O)O[C@H]1[C@H](O)[C@]2(COC(C)=O)[C@H](O)C[C@]3(C)C(=CC[C@@H]4[C@@]5(C)CC[C@H](O[C@@H]6O[C@H](C(=O)O)[C@@H](O[C@@H]7O[C@H](CO)[C@@H](O)[C@H](O)[C@H]7O)[C@H](O)[C@H]6OC6O[C@H](CO)[C@@H](O)[C@H](O)[C@H]6O)[C@](C)(CO)[C@@H]5CC[C@]43C)[C@@H]2CC1(C)C. The Balaban J connectivity index is 1.11. The molecule has 79 heavy (non-hydrogen) atoms. The number of carboxylic acids is 1. The molecule has 0 radical (unpaired) electrons. The molecule has 24 heteroatoms. The topological polar surface area (TPSA) is 388 Å². The third kappa shape index (κ3) is 10.0. The van der Waals surface area contributed by atoms with E-state index in [1.54, 1.807) is 19.9 Å². The van der Waals surface area contributed by atoms with Crippen molar-refractivity contribution in [3.8, 4) is 0 Å². The molecule has 3 aliphatic heterocycles. The maximum atomic E-state index is 13.3. The summed E-state index contributed by atoms with van der Waals surface area (Å²) in [6.45, 7) is 14.3. The quantitative estimate of drug-likeness (QED) is 0.0415. The molecule has 8 aliphatic rings. The fourth-order valence-electron chi connectivity index (χ4n) is 16.1. The number of carbonyl (C=O) groups excluding carboxylic acids is 2. The Morgan fingerprint density at radius 1 is 0.696 bits per heavy atom. The highest BCUT2D eigenvalue weighted by Gasteiger charge is 2.74. The Kier molecular flexibility index (Phi) is 17.8. The van der Waals surface area contributed by atoms with Crippen molar-refractivity contribution in [2.24, 2.45) is 50.2 Å². The summed E-state index contributed by atoms with van der Waals surface area (Å²) in [5, 5.41) is 144. The van der Waals surface area contributed by atoms with E-state index in [-0.39, 0.29) is 31.3 Å². The van der Waals surface area contributed by atoms with Gasteiger partial charge < -0.3 is 104 Å². The molecular weight excluding hydrogens is 1040 g/mol. The predicted molar refractivity (Wildman–Crippen MR) is 269 cm³/mol. The van der Waals surface area contributed by atoms with Gasteiger partial charge in [-0.1, -0.05) is 59.3 Å². The highest BCUT2D eigenvalue weighted by Crippen LogP contribution is 2.76. The van der Waals surface area contributed by atoms with E-state index >= 15 is 0 Å². The number of aliphatic hydroxyl groups is 12. The largest absolute Gasteiger partial charge is 0.479 e. The van der Waals surface area contributed by atoms with Crippen molar-refractivity contribution in [2.75, 3.05) is 26.4 Å². The number of fused-ring (bicyclic) bond motifs is 7. The summed E-state index contributed by atoms with van der Waals surface area (Å²) in [7, 11) is 0. The molecule has 1 unspecified atom stereocenters. The number of ether oxygens (including phenoxy) is 8. The van der Waals surface area contributed by atoms with E-state index in [1.807, 2.05) is 20.8 Å². The van der Waals surface area contributed by atoms with Crippen LogP contribution in [-0.4, -0.2) is 227 Å². The van der Waals surface area contributed by atoms with Gasteiger partial charge in [-0.15, -0.1) is 0 Å². The fraction of sp³-hybridized carbons (Fsp3) is 0.873. The second-order valence-electron chi connectivity index (χ2n) is 25.6. The summed E-state index contributed by atoms with van der Waals surface area (Å²) in [6, 6.07) is 0. The molecule has 5 aliphatic carbocycles. The molecule has 13 N–H and O–H groups in total. The lowest BCUT2D eigenvalue weighted by Gasteiger charge is -2.72. The third-order valence-electron chi connectivity index (χ3n) is 21.0. The van der Waals surface area contributed by atoms with Gasteiger partial charge in [0.25, 0.3) is 0 Å². The van der Waals surface area contributed by atoms with E-state index in [1.165, 1.54) is 6.92 Å². The van der Waals surface area contributed by atoms with Gasteiger partial charge in [-0.25, -0.2) is 9.59 Å². The first kappa shape index (κ1) is 62.2. The van der Waals surface area contributed by atoms with Crippen LogP contribution in [0.4, 0.5) is 0 Å². The molecule has 4 saturated carbocycles. The molecule has 8 rings (SSSR count). The maximum absolute atomic E-state index is 13.3. The van der Waals surface area contributed by atoms with Crippen LogP contribution in [0.3, 0.4) is 0 Å². The van der Waals surface area contributed by atoms with Crippen LogP contribution in [0.15, 0.2) is 23.3 Å². The number of rotatable bonds is 14. The standard InChI is InChI=1S/C55H86O24/c1-10-23(2)46(71)79-44-43(68)55(22-72-24(3)59)26(17-50(44,4)5)25-11-12-30-51(6)15-14-32(52(7,21-58)29(51)13-16-53(30,8)54(25,9)18-31(55)60)75-49-41(77-48-38(66)36(64)34(62)28(20-57)74-48)39(67)40(42(78-49)45(69)70)76-47-37(65)35(63)33(61)27(19-56)73-47/h10-11,26-44,47-49,56-58,60-68H,12-22H2,1-9H3,(H,69,70)/b23-10-/t26-,27+,28+,29+,30+,31+,32-,33+,34+,35-,36-,37+,38+,39-,40-,41+,42-,43-,44-,47-,48?,49+,51-,52+,53+,54+,55-/m0/s1. The van der Waals surface area contributed by atoms with Crippen LogP contribution < -0.4 is 0 Å². The molecule has 0 aromatic carbocycles. The summed E-state index contributed by atoms with van der Waals surface area (Å²) in [5.74, 6) is -3.82. The molecule has 3 saturated heterocycles. The van der Waals surface area contributed by atoms with Gasteiger partial charge in [0.2, 0.25) is 0 Å². The van der Waals surface area contributed by atoms with Crippen molar-refractivity contribution in [1.82, 2.24) is 0 Å². The summed E-state index contributed by atoms with van der Waals surface area (Å²) in [6.07, 6.45) is -26.8. The number of hydrogen-bond donors (Lipinski definition) is 13. The molecule has 0 spiro atoms. The van der Waals surface area contributed by atoms with Gasteiger partial charge in [0.05, 0.1) is 37.4 Å². The Bertz CT molecular complexity index is 2290. The van der Waals surface area contributed by atoms with E-state index in [9.17, 15) is 80.8 Å². The van der Waals surface area contributed by atoms with Crippen LogP contribution in [-0.2, 0) is 52.3 Å². The summed E-state index contributed by atoms with van der Waals surface area (Å²) < 4.78 is 47.7. The monoisotopic (exact) mass is 1130 g/mol. The van der Waals surface area contributed by atoms with E-state index in [4.69, 9.17) is 37.9 Å². The second-order valence-corrected chi connectivity index (χ2v) is 25.6. The summed E-state index contributed by atoms with van der Waals surface area (Å²) in [4.78, 5) is 39.0. The zero-order valence-electron chi connectivity index (χ0n) is 46.4. The maximum Gasteiger partial charge on any atom is 0.335 e. The first-order valence-electron chi connectivity index (χ1n) is 27.7. The number of aliphatic hydroxyl groups excluding tert-OH is 12. The molecule has 27 atom stereocenters. The molecule has 0 amide bonds. The number of aliphatic carboxylic acids is 1. The lowest BCUT2D eigenvalue weighted by atomic mass is 9.33. The molecule has 7 fully saturated rings. The first-order chi connectivity index (χ1) is 36.9. The van der Waals surface area contributed by atoms with Crippen LogP contribution in [0.2, 0.25) is 0 Å². The lowest BCUT2D eigenvalue weighted by Crippen LogP contribution is -2.72. The number of allylic oxidation sites excluding steroid dienone is 3. The lowest BCUT2D eigenvalue weighted by molar-refractivity contribution is -0.392. The van der Waals surface area contributed by atoms with E-state index < -0.39 is 193 Å². The Morgan fingerprint density at radius 3 is 1.81 bits per heavy atom. The van der Waals surface area contributed by atoms with Crippen LogP contribution in [0, 0.1) is 50.2 Å². The predicted octanol–water partition coefficient (Wildman–Crippen LogP) is -1.32. The van der Waals surface area contributed by atoms with Crippen LogP contribution in [0.5, 0.6) is 0 Å². The van der Waals surface area contributed by atoms with Crippen LogP contribution in [0.25, 0.3) is 0 Å². The number of hydrogen-bond acceptors (Lipinski definition) is 23. The van der Waals surface area contributed by atoms with Crippen LogP contribution in [0.1, 0.15) is 107 Å². The zero-order chi connectivity index (χ0) is 58.4. The molecular formula is C55H86O24. The van der Waals surface area contributed by atoms with E-state index in [2.05, 4.69) is 26.8 Å². The minimum absolute atomic E-state index is 0.0849. The van der Waals surface area contributed by atoms with Crippen molar-refractivity contribution in [1.29, 1.82) is 0 Å². The third-order valence-corrected chi connectivity index (χ3v) is 21.0. The van der Waals surface area contributed by atoms with Crippen molar-refractivity contribution in [3.63, 3.8) is 0 Å². The molecule has 24 nitrogen and oxygen atoms in total. The van der Waals surface area contributed by atoms with Crippen molar-refractivity contribution < 1.29 is 119 Å². The summed E-state index contributed by atoms with van der Waals surface area (Å²) >= 11 is 0. The number of esters is 2. The van der Waals surface area contributed by atoms with Gasteiger partial charge in [0, 0.05) is 23.3 Å². The van der Waals surface area contributed by atoms with Crippen molar-refractivity contribution in [2.45, 2.75) is 224 Å². The Hall–Kier alpha value is -2.83. The molecule has 0 aromatic heterocycles. The Morgan fingerprint density at radius 2 is 1.28 bits per heavy atom. The average molecular weight is 1130 g/mol. The van der Waals surface area contributed by atoms with Crippen molar-refractivity contribution in [3.05, 3.63) is 23.3 Å². The molecule has 3 heterocycles. The number of carboxylic acid groups (broad SMARTS) is 1. The van der Waals surface area contributed by atoms with E-state index in [0.717, 1.165) is 5.57 Å². The van der Waals surface area contributed by atoms with Gasteiger partial charge in [-0.3, -0.25) is 4.79 Å².